The molecule has 2 aliphatic rings. The smallest absolute Gasteiger partial charge is 0.300 e. The van der Waals surface area contributed by atoms with Crippen molar-refractivity contribution in [3.63, 3.8) is 0 Å². The van der Waals surface area contributed by atoms with Crippen LogP contribution >= 0.6 is 0 Å². The van der Waals surface area contributed by atoms with Gasteiger partial charge >= 0.3 is 0 Å². The number of carbonyl (C=O) groups excluding carboxylic acids is 2. The van der Waals surface area contributed by atoms with Crippen LogP contribution in [0.15, 0.2) is 72.3 Å². The quantitative estimate of drug-likeness (QED) is 0.310. The van der Waals surface area contributed by atoms with E-state index >= 15 is 0 Å². The van der Waals surface area contributed by atoms with Crippen molar-refractivity contribution in [2.24, 2.45) is 0 Å². The molecule has 0 aliphatic carbocycles. The topological polar surface area (TPSA) is 76.1 Å². The molecule has 3 aromatic rings. The number of aryl methyl sites for hydroxylation is 2. The molecule has 1 N–H and O–H groups in total. The van der Waals surface area contributed by atoms with Crippen molar-refractivity contribution in [2.75, 3.05) is 18.1 Å². The van der Waals surface area contributed by atoms with Crippen molar-refractivity contribution in [3.8, 4) is 11.5 Å². The highest BCUT2D eigenvalue weighted by atomic mass is 16.5. The number of hydrogen-bond acceptors (Lipinski definition) is 5. The van der Waals surface area contributed by atoms with Gasteiger partial charge in [0.15, 0.2) is 0 Å². The fraction of sp³-hybridized carbons (Fsp3) is 0.241. The molecule has 35 heavy (non-hydrogen) atoms. The second-order valence-corrected chi connectivity index (χ2v) is 8.73. The van der Waals surface area contributed by atoms with Gasteiger partial charge in [-0.2, -0.15) is 0 Å². The molecule has 1 unspecified atom stereocenters. The Morgan fingerprint density at radius 2 is 1.86 bits per heavy atom. The Labute approximate surface area is 204 Å². The standard InChI is InChI=1S/C29H27NO5/c1-3-34-22-13-10-19(11-14-22)26-25(27(31)21-12-15-24-20(17-21)8-6-16-35-24)28(32)29(33)30(26)23-9-5-4-7-18(23)2/h4-5,7,9-15,17,26,31H,3,6,8,16H2,1-2H3/b27-25-. The summed E-state index contributed by atoms with van der Waals surface area (Å²) in [7, 11) is 0. The van der Waals surface area contributed by atoms with Crippen molar-refractivity contribution in [2.45, 2.75) is 32.7 Å². The lowest BCUT2D eigenvalue weighted by Gasteiger charge is -2.27. The Morgan fingerprint density at radius 3 is 2.60 bits per heavy atom. The molecule has 2 aliphatic heterocycles. The van der Waals surface area contributed by atoms with Crippen LogP contribution in [0.2, 0.25) is 0 Å². The predicted octanol–water partition coefficient (Wildman–Crippen LogP) is 5.35. The van der Waals surface area contributed by atoms with Gasteiger partial charge in [0.05, 0.1) is 24.8 Å². The number of fused-ring (bicyclic) bond motifs is 1. The third-order valence-electron chi connectivity index (χ3n) is 6.51. The van der Waals surface area contributed by atoms with Crippen LogP contribution in [-0.4, -0.2) is 30.0 Å². The summed E-state index contributed by atoms with van der Waals surface area (Å²) in [4.78, 5) is 28.3. The van der Waals surface area contributed by atoms with E-state index in [2.05, 4.69) is 0 Å². The number of para-hydroxylation sites is 1. The highest BCUT2D eigenvalue weighted by Crippen LogP contribution is 2.43. The van der Waals surface area contributed by atoms with Gasteiger partial charge in [-0.1, -0.05) is 30.3 Å². The number of carbonyl (C=O) groups is 2. The van der Waals surface area contributed by atoms with E-state index in [0.717, 1.165) is 29.7 Å². The SMILES string of the molecule is CCOc1ccc(C2/C(=C(/O)c3ccc4c(c3)CCCO4)C(=O)C(=O)N2c2ccccc2C)cc1. The molecule has 2 heterocycles. The molecule has 3 aromatic carbocycles. The average molecular weight is 470 g/mol. The van der Waals surface area contributed by atoms with Gasteiger partial charge in [0, 0.05) is 11.3 Å². The van der Waals surface area contributed by atoms with E-state index in [0.29, 0.717) is 35.8 Å². The van der Waals surface area contributed by atoms with Gasteiger partial charge in [0.1, 0.15) is 17.3 Å². The first-order chi connectivity index (χ1) is 17.0. The molecule has 5 rings (SSSR count). The Balaban J connectivity index is 1.68. The Bertz CT molecular complexity index is 1330. The number of nitrogens with zero attached hydrogens (tertiary/aromatic N) is 1. The zero-order chi connectivity index (χ0) is 24.5. The van der Waals surface area contributed by atoms with Crippen LogP contribution in [0, 0.1) is 6.92 Å². The van der Waals surface area contributed by atoms with E-state index in [1.165, 1.54) is 4.90 Å². The summed E-state index contributed by atoms with van der Waals surface area (Å²) in [6.07, 6.45) is 1.72. The lowest BCUT2D eigenvalue weighted by Crippen LogP contribution is -2.30. The maximum Gasteiger partial charge on any atom is 0.300 e. The van der Waals surface area contributed by atoms with E-state index in [1.54, 1.807) is 6.07 Å². The Kier molecular flexibility index (Phi) is 6.03. The second kappa shape index (κ2) is 9.29. The molecule has 6 nitrogen and oxygen atoms in total. The van der Waals surface area contributed by atoms with E-state index in [-0.39, 0.29) is 11.3 Å². The van der Waals surface area contributed by atoms with Gasteiger partial charge in [0.2, 0.25) is 0 Å². The van der Waals surface area contributed by atoms with Gasteiger partial charge in [-0.15, -0.1) is 0 Å². The number of aliphatic hydroxyl groups is 1. The molecule has 0 radical (unpaired) electrons. The molecular formula is C29H27NO5. The van der Waals surface area contributed by atoms with Crippen molar-refractivity contribution in [1.29, 1.82) is 0 Å². The zero-order valence-corrected chi connectivity index (χ0v) is 19.8. The number of ketones is 1. The molecular weight excluding hydrogens is 442 g/mol. The maximum absolute atomic E-state index is 13.4. The summed E-state index contributed by atoms with van der Waals surface area (Å²) in [5.74, 6) is -0.0821. The van der Waals surface area contributed by atoms with Gasteiger partial charge in [-0.25, -0.2) is 0 Å². The maximum atomic E-state index is 13.4. The molecule has 6 heteroatoms. The van der Waals surface area contributed by atoms with Crippen LogP contribution in [0.1, 0.15) is 41.6 Å². The largest absolute Gasteiger partial charge is 0.507 e. The minimum atomic E-state index is -0.779. The summed E-state index contributed by atoms with van der Waals surface area (Å²) in [6, 6.07) is 19.3. The van der Waals surface area contributed by atoms with E-state index in [1.807, 2.05) is 74.5 Å². The molecule has 1 saturated heterocycles. The molecule has 0 spiro atoms. The molecule has 1 fully saturated rings. The second-order valence-electron chi connectivity index (χ2n) is 8.73. The van der Waals surface area contributed by atoms with Gasteiger partial charge < -0.3 is 14.6 Å². The third kappa shape index (κ3) is 4.05. The number of benzene rings is 3. The van der Waals surface area contributed by atoms with Crippen LogP contribution in [0.4, 0.5) is 5.69 Å². The highest BCUT2D eigenvalue weighted by molar-refractivity contribution is 6.51. The highest BCUT2D eigenvalue weighted by Gasteiger charge is 2.47. The molecule has 1 amide bonds. The first-order valence-electron chi connectivity index (χ1n) is 11.8. The minimum Gasteiger partial charge on any atom is -0.507 e. The van der Waals surface area contributed by atoms with Crippen molar-refractivity contribution < 1.29 is 24.2 Å². The van der Waals surface area contributed by atoms with Crippen molar-refractivity contribution >= 4 is 23.1 Å². The number of aliphatic hydroxyl groups excluding tert-OH is 1. The minimum absolute atomic E-state index is 0.0686. The van der Waals surface area contributed by atoms with Crippen molar-refractivity contribution in [1.82, 2.24) is 0 Å². The van der Waals surface area contributed by atoms with Gasteiger partial charge in [-0.3, -0.25) is 14.5 Å². The molecule has 0 aromatic heterocycles. The Hall–Kier alpha value is -4.06. The van der Waals surface area contributed by atoms with Gasteiger partial charge in [-0.05, 0) is 79.8 Å². The monoisotopic (exact) mass is 469 g/mol. The molecule has 0 bridgehead atoms. The number of amides is 1. The summed E-state index contributed by atoms with van der Waals surface area (Å²) in [5, 5.41) is 11.4. The van der Waals surface area contributed by atoms with Crippen LogP contribution in [0.3, 0.4) is 0 Å². The number of Topliss-reactive ketones (excluding diaryl/α,β-unsaturated/α-hetero) is 1. The fourth-order valence-electron chi connectivity index (χ4n) is 4.81. The first kappa shape index (κ1) is 22.7. The zero-order valence-electron chi connectivity index (χ0n) is 19.8. The average Bonchev–Trinajstić information content (AvgIpc) is 3.14. The molecule has 178 valence electrons. The van der Waals surface area contributed by atoms with Crippen LogP contribution in [0.5, 0.6) is 11.5 Å². The number of rotatable bonds is 5. The summed E-state index contributed by atoms with van der Waals surface area (Å²) in [6.45, 7) is 5.00. The fourth-order valence-corrected chi connectivity index (χ4v) is 4.81. The van der Waals surface area contributed by atoms with E-state index in [9.17, 15) is 14.7 Å². The third-order valence-corrected chi connectivity index (χ3v) is 6.51. The number of hydrogen-bond donors (Lipinski definition) is 1. The van der Waals surface area contributed by atoms with E-state index < -0.39 is 17.7 Å². The first-order valence-corrected chi connectivity index (χ1v) is 11.8. The molecule has 1 atom stereocenters. The predicted molar refractivity (Wildman–Crippen MR) is 134 cm³/mol. The van der Waals surface area contributed by atoms with Crippen LogP contribution in [0.25, 0.3) is 5.76 Å². The lowest BCUT2D eigenvalue weighted by atomic mass is 9.93. The molecule has 0 saturated carbocycles. The van der Waals surface area contributed by atoms with Crippen LogP contribution < -0.4 is 14.4 Å². The van der Waals surface area contributed by atoms with Crippen LogP contribution in [-0.2, 0) is 16.0 Å². The number of anilines is 1. The lowest BCUT2D eigenvalue weighted by molar-refractivity contribution is -0.132. The van der Waals surface area contributed by atoms with Crippen molar-refractivity contribution in [3.05, 3.63) is 94.6 Å². The normalized spacial score (nSPS) is 18.8. The number of ether oxygens (including phenoxy) is 2. The van der Waals surface area contributed by atoms with Gasteiger partial charge in [0.25, 0.3) is 11.7 Å². The van der Waals surface area contributed by atoms with E-state index in [4.69, 9.17) is 9.47 Å². The Morgan fingerprint density at radius 1 is 1.09 bits per heavy atom. The summed E-state index contributed by atoms with van der Waals surface area (Å²) < 4.78 is 11.3. The summed E-state index contributed by atoms with van der Waals surface area (Å²) in [5.41, 5.74) is 3.74. The summed E-state index contributed by atoms with van der Waals surface area (Å²) >= 11 is 0.